The van der Waals surface area contributed by atoms with Crippen molar-refractivity contribution < 1.29 is 19.5 Å². The van der Waals surface area contributed by atoms with Crippen LogP contribution in [0.3, 0.4) is 0 Å². The van der Waals surface area contributed by atoms with Crippen LogP contribution >= 0.6 is 11.8 Å². The molecule has 25 heavy (non-hydrogen) atoms. The van der Waals surface area contributed by atoms with Gasteiger partial charge < -0.3 is 15.7 Å². The third-order valence-corrected chi connectivity index (χ3v) is 4.35. The van der Waals surface area contributed by atoms with Gasteiger partial charge in [-0.15, -0.1) is 11.8 Å². The van der Waals surface area contributed by atoms with Crippen LogP contribution in [0.1, 0.15) is 24.2 Å². The van der Waals surface area contributed by atoms with Crippen molar-refractivity contribution in [3.05, 3.63) is 54.1 Å². The average molecular weight is 358 g/mol. The molecule has 3 N–H and O–H groups in total. The van der Waals surface area contributed by atoms with E-state index in [1.165, 1.54) is 30.8 Å². The Labute approximate surface area is 149 Å². The lowest BCUT2D eigenvalue weighted by Gasteiger charge is -2.13. The minimum Gasteiger partial charge on any atom is -0.478 e. The summed E-state index contributed by atoms with van der Waals surface area (Å²) in [6.45, 7) is 3.21. The molecule has 0 saturated heterocycles. The fourth-order valence-corrected chi connectivity index (χ4v) is 2.92. The van der Waals surface area contributed by atoms with E-state index < -0.39 is 5.97 Å². The highest BCUT2D eigenvalue weighted by Gasteiger charge is 2.15. The highest BCUT2D eigenvalue weighted by molar-refractivity contribution is 8.00. The van der Waals surface area contributed by atoms with Crippen molar-refractivity contribution in [3.63, 3.8) is 0 Å². The van der Waals surface area contributed by atoms with E-state index in [0.717, 1.165) is 4.90 Å². The zero-order valence-corrected chi connectivity index (χ0v) is 14.6. The van der Waals surface area contributed by atoms with Gasteiger partial charge in [-0.05, 0) is 49.4 Å². The van der Waals surface area contributed by atoms with Crippen LogP contribution in [0.2, 0.25) is 0 Å². The van der Waals surface area contributed by atoms with Crippen LogP contribution in [0.15, 0.2) is 53.4 Å². The summed E-state index contributed by atoms with van der Waals surface area (Å²) in [6.07, 6.45) is 0. The highest BCUT2D eigenvalue weighted by Crippen LogP contribution is 2.25. The van der Waals surface area contributed by atoms with Crippen LogP contribution in [0.25, 0.3) is 0 Å². The van der Waals surface area contributed by atoms with Gasteiger partial charge in [-0.1, -0.05) is 6.07 Å². The highest BCUT2D eigenvalue weighted by atomic mass is 32.2. The first-order valence-electron chi connectivity index (χ1n) is 7.53. The maximum atomic E-state index is 12.3. The van der Waals surface area contributed by atoms with E-state index in [1.54, 1.807) is 31.2 Å². The molecule has 0 aliphatic heterocycles. The molecule has 2 amide bonds. The molecule has 130 valence electrons. The molecule has 6 nitrogen and oxygen atoms in total. The Morgan fingerprint density at radius 2 is 1.68 bits per heavy atom. The Morgan fingerprint density at radius 1 is 1.00 bits per heavy atom. The lowest BCUT2D eigenvalue weighted by molar-refractivity contribution is -0.115. The third kappa shape index (κ3) is 5.65. The number of carbonyl (C=O) groups excluding carboxylic acids is 2. The number of carbonyl (C=O) groups is 3. The lowest BCUT2D eigenvalue weighted by atomic mass is 10.2. The van der Waals surface area contributed by atoms with Gasteiger partial charge in [0.25, 0.3) is 0 Å². The second kappa shape index (κ2) is 8.34. The van der Waals surface area contributed by atoms with Crippen LogP contribution in [0, 0.1) is 0 Å². The number of rotatable bonds is 6. The maximum Gasteiger partial charge on any atom is 0.335 e. The topological polar surface area (TPSA) is 95.5 Å². The summed E-state index contributed by atoms with van der Waals surface area (Å²) in [5.41, 5.74) is 1.25. The zero-order chi connectivity index (χ0) is 18.4. The quantitative estimate of drug-likeness (QED) is 0.687. The monoisotopic (exact) mass is 358 g/mol. The number of benzene rings is 2. The Balaban J connectivity index is 1.97. The SMILES string of the molecule is CC(=O)Nc1ccc(SC(C)C(=O)Nc2cccc(C(=O)O)c2)cc1. The largest absolute Gasteiger partial charge is 0.478 e. The molecule has 2 aromatic carbocycles. The average Bonchev–Trinajstić information content (AvgIpc) is 2.56. The summed E-state index contributed by atoms with van der Waals surface area (Å²) >= 11 is 1.37. The van der Waals surface area contributed by atoms with Gasteiger partial charge in [-0.2, -0.15) is 0 Å². The van der Waals surface area contributed by atoms with Crippen LogP contribution in [-0.4, -0.2) is 28.1 Å². The Hall–Kier alpha value is -2.80. The van der Waals surface area contributed by atoms with Crippen LogP contribution in [0.5, 0.6) is 0 Å². The molecule has 0 aromatic heterocycles. The van der Waals surface area contributed by atoms with Crippen LogP contribution in [-0.2, 0) is 9.59 Å². The number of nitrogens with one attached hydrogen (secondary N) is 2. The fraction of sp³-hybridized carbons (Fsp3) is 0.167. The van der Waals surface area contributed by atoms with Gasteiger partial charge in [0.15, 0.2) is 0 Å². The van der Waals surface area contributed by atoms with E-state index in [4.69, 9.17) is 5.11 Å². The number of anilines is 2. The van der Waals surface area contributed by atoms with Crippen LogP contribution in [0.4, 0.5) is 11.4 Å². The molecular weight excluding hydrogens is 340 g/mol. The minimum atomic E-state index is -1.04. The van der Waals surface area contributed by atoms with E-state index in [9.17, 15) is 14.4 Å². The standard InChI is InChI=1S/C18H18N2O4S/c1-11(25-16-8-6-14(7-9-16)19-12(2)21)17(22)20-15-5-3-4-13(10-15)18(23)24/h3-11H,1-2H3,(H,19,21)(H,20,22)(H,23,24). The molecule has 1 unspecified atom stereocenters. The van der Waals surface area contributed by atoms with E-state index in [-0.39, 0.29) is 22.6 Å². The predicted octanol–water partition coefficient (Wildman–Crippen LogP) is 3.46. The number of hydrogen-bond acceptors (Lipinski definition) is 4. The molecule has 0 heterocycles. The zero-order valence-electron chi connectivity index (χ0n) is 13.8. The van der Waals surface area contributed by atoms with E-state index in [0.29, 0.717) is 11.4 Å². The molecule has 1 atom stereocenters. The summed E-state index contributed by atoms with van der Waals surface area (Å²) in [6, 6.07) is 13.3. The maximum absolute atomic E-state index is 12.3. The van der Waals surface area contributed by atoms with Gasteiger partial charge in [0.1, 0.15) is 0 Å². The minimum absolute atomic E-state index is 0.117. The van der Waals surface area contributed by atoms with E-state index >= 15 is 0 Å². The molecular formula is C18H18N2O4S. The van der Waals surface area contributed by atoms with E-state index in [1.807, 2.05) is 12.1 Å². The summed E-state index contributed by atoms with van der Waals surface area (Å²) in [5, 5.41) is 14.0. The Bertz CT molecular complexity index is 790. The molecule has 0 aliphatic rings. The van der Waals surface area contributed by atoms with Crippen molar-refractivity contribution in [2.24, 2.45) is 0 Å². The Kier molecular flexibility index (Phi) is 6.19. The van der Waals surface area contributed by atoms with Crippen molar-refractivity contribution >= 4 is 40.9 Å². The van der Waals surface area contributed by atoms with Gasteiger partial charge in [0.05, 0.1) is 10.8 Å². The molecule has 0 fully saturated rings. The smallest absolute Gasteiger partial charge is 0.335 e. The number of aromatic carboxylic acids is 1. The van der Waals surface area contributed by atoms with Crippen molar-refractivity contribution in [1.82, 2.24) is 0 Å². The summed E-state index contributed by atoms with van der Waals surface area (Å²) in [4.78, 5) is 35.1. The number of amides is 2. The second-order valence-electron chi connectivity index (χ2n) is 5.34. The summed E-state index contributed by atoms with van der Waals surface area (Å²) < 4.78 is 0. The van der Waals surface area contributed by atoms with Crippen molar-refractivity contribution in [3.8, 4) is 0 Å². The number of carboxylic acid groups (broad SMARTS) is 1. The molecule has 2 aromatic rings. The third-order valence-electron chi connectivity index (χ3n) is 3.23. The molecule has 2 rings (SSSR count). The van der Waals surface area contributed by atoms with Crippen molar-refractivity contribution in [2.75, 3.05) is 10.6 Å². The molecule has 0 radical (unpaired) electrons. The van der Waals surface area contributed by atoms with Gasteiger partial charge in [0.2, 0.25) is 11.8 Å². The predicted molar refractivity (Wildman–Crippen MR) is 98.1 cm³/mol. The van der Waals surface area contributed by atoms with Gasteiger partial charge in [0, 0.05) is 23.2 Å². The van der Waals surface area contributed by atoms with Crippen molar-refractivity contribution in [2.45, 2.75) is 24.0 Å². The Morgan fingerprint density at radius 3 is 2.28 bits per heavy atom. The second-order valence-corrected chi connectivity index (χ2v) is 6.76. The lowest BCUT2D eigenvalue weighted by Crippen LogP contribution is -2.22. The normalized spacial score (nSPS) is 11.4. The van der Waals surface area contributed by atoms with E-state index in [2.05, 4.69) is 10.6 Å². The summed E-state index contributed by atoms with van der Waals surface area (Å²) in [5.74, 6) is -1.41. The van der Waals surface area contributed by atoms with Gasteiger partial charge >= 0.3 is 5.97 Å². The number of thioether (sulfide) groups is 1. The number of carboxylic acids is 1. The fourth-order valence-electron chi connectivity index (χ4n) is 2.05. The molecule has 7 heteroatoms. The van der Waals surface area contributed by atoms with Gasteiger partial charge in [-0.3, -0.25) is 9.59 Å². The first-order valence-corrected chi connectivity index (χ1v) is 8.41. The van der Waals surface area contributed by atoms with Gasteiger partial charge in [-0.25, -0.2) is 4.79 Å². The molecule has 0 bridgehead atoms. The first-order chi connectivity index (χ1) is 11.8. The molecule has 0 saturated carbocycles. The van der Waals surface area contributed by atoms with Crippen LogP contribution < -0.4 is 10.6 Å². The number of hydrogen-bond donors (Lipinski definition) is 3. The van der Waals surface area contributed by atoms with Crippen molar-refractivity contribution in [1.29, 1.82) is 0 Å². The molecule has 0 aliphatic carbocycles. The first kappa shape index (κ1) is 18.5. The summed E-state index contributed by atoms with van der Waals surface area (Å²) in [7, 11) is 0. The molecule has 0 spiro atoms.